The number of hydrogen-bond acceptors (Lipinski definition) is 3. The van der Waals surface area contributed by atoms with Gasteiger partial charge in [0.05, 0.1) is 11.3 Å². The van der Waals surface area contributed by atoms with Crippen molar-refractivity contribution in [3.8, 4) is 0 Å². The molecule has 1 aromatic carbocycles. The van der Waals surface area contributed by atoms with Gasteiger partial charge in [0.2, 0.25) is 0 Å². The van der Waals surface area contributed by atoms with Crippen LogP contribution < -0.4 is 11.1 Å². The van der Waals surface area contributed by atoms with Gasteiger partial charge in [0, 0.05) is 41.1 Å². The van der Waals surface area contributed by atoms with Gasteiger partial charge in [-0.15, -0.1) is 0 Å². The van der Waals surface area contributed by atoms with Crippen LogP contribution in [0.4, 0.5) is 5.69 Å². The van der Waals surface area contributed by atoms with E-state index in [0.717, 1.165) is 17.3 Å². The van der Waals surface area contributed by atoms with Crippen LogP contribution in [0.15, 0.2) is 42.9 Å². The number of nitrogens with two attached hydrogens (primary N) is 1. The fraction of sp³-hybridized carbons (Fsp3) is 0.125. The van der Waals surface area contributed by atoms with Crippen LogP contribution >= 0.6 is 11.6 Å². The predicted octanol–water partition coefficient (Wildman–Crippen LogP) is 2.97. The highest BCUT2D eigenvalue weighted by Gasteiger charge is 2.08. The number of carbonyl (C=O) groups excluding carboxylic acids is 1. The van der Waals surface area contributed by atoms with Crippen LogP contribution in [0.3, 0.4) is 0 Å². The molecule has 4 N–H and O–H groups in total. The van der Waals surface area contributed by atoms with E-state index in [-0.39, 0.29) is 0 Å². The normalized spacial score (nSPS) is 10.8. The lowest BCUT2D eigenvalue weighted by Crippen LogP contribution is -2.15. The minimum atomic E-state index is -0.489. The standard InChI is InChI=1S/C16H15ClN4O/c17-11-1-2-12-10(8-21-15(12)7-11)3-6-20-14-4-5-19-9-13(14)16(18)22/h1-2,4-5,7-9,21H,3,6H2,(H2,18,22)(H,19,20). The van der Waals surface area contributed by atoms with Gasteiger partial charge in [0.15, 0.2) is 0 Å². The maximum absolute atomic E-state index is 11.3. The van der Waals surface area contributed by atoms with Crippen molar-refractivity contribution in [1.82, 2.24) is 9.97 Å². The topological polar surface area (TPSA) is 83.8 Å². The van der Waals surface area contributed by atoms with E-state index < -0.39 is 5.91 Å². The third kappa shape index (κ3) is 2.89. The quantitative estimate of drug-likeness (QED) is 0.677. The number of carbonyl (C=O) groups is 1. The van der Waals surface area contributed by atoms with E-state index >= 15 is 0 Å². The zero-order chi connectivity index (χ0) is 15.5. The SMILES string of the molecule is NC(=O)c1cnccc1NCCc1c[nH]c2cc(Cl)ccc12. The summed E-state index contributed by atoms with van der Waals surface area (Å²) in [7, 11) is 0. The molecule has 0 bridgehead atoms. The minimum absolute atomic E-state index is 0.396. The molecule has 2 heterocycles. The second-order valence-corrected chi connectivity index (χ2v) is 5.40. The number of hydrogen-bond donors (Lipinski definition) is 3. The van der Waals surface area contributed by atoms with Crippen molar-refractivity contribution >= 4 is 34.1 Å². The Balaban J connectivity index is 1.72. The van der Waals surface area contributed by atoms with Crippen LogP contribution in [0.5, 0.6) is 0 Å². The Kier molecular flexibility index (Phi) is 3.98. The van der Waals surface area contributed by atoms with E-state index in [4.69, 9.17) is 17.3 Å². The molecule has 0 spiro atoms. The first-order valence-electron chi connectivity index (χ1n) is 6.88. The average molecular weight is 315 g/mol. The first-order valence-corrected chi connectivity index (χ1v) is 7.26. The number of nitrogens with one attached hydrogen (secondary N) is 2. The lowest BCUT2D eigenvalue weighted by molar-refractivity contribution is 0.100. The van der Waals surface area contributed by atoms with Gasteiger partial charge in [-0.1, -0.05) is 17.7 Å². The predicted molar refractivity (Wildman–Crippen MR) is 88.3 cm³/mol. The summed E-state index contributed by atoms with van der Waals surface area (Å²) in [4.78, 5) is 18.5. The molecular weight excluding hydrogens is 300 g/mol. The van der Waals surface area contributed by atoms with E-state index in [1.54, 1.807) is 12.3 Å². The Morgan fingerprint density at radius 2 is 2.23 bits per heavy atom. The molecule has 0 aliphatic heterocycles. The summed E-state index contributed by atoms with van der Waals surface area (Å²) in [5, 5.41) is 5.09. The Morgan fingerprint density at radius 1 is 1.36 bits per heavy atom. The number of benzene rings is 1. The number of aromatic nitrogens is 2. The largest absolute Gasteiger partial charge is 0.384 e. The zero-order valence-electron chi connectivity index (χ0n) is 11.8. The van der Waals surface area contributed by atoms with Crippen LogP contribution in [0, 0.1) is 0 Å². The van der Waals surface area contributed by atoms with Crippen LogP contribution in [-0.4, -0.2) is 22.4 Å². The van der Waals surface area contributed by atoms with Crippen molar-refractivity contribution in [3.05, 3.63) is 59.0 Å². The van der Waals surface area contributed by atoms with Crippen LogP contribution in [0.25, 0.3) is 10.9 Å². The molecule has 0 atom stereocenters. The van der Waals surface area contributed by atoms with Gasteiger partial charge in [-0.25, -0.2) is 0 Å². The summed E-state index contributed by atoms with van der Waals surface area (Å²) >= 11 is 5.98. The molecular formula is C16H15ClN4O. The van der Waals surface area contributed by atoms with E-state index in [2.05, 4.69) is 15.3 Å². The monoisotopic (exact) mass is 314 g/mol. The summed E-state index contributed by atoms with van der Waals surface area (Å²) in [6, 6.07) is 7.53. The molecule has 0 saturated carbocycles. The molecule has 1 amide bonds. The molecule has 0 aliphatic rings. The second kappa shape index (κ2) is 6.07. The third-order valence-electron chi connectivity index (χ3n) is 3.53. The summed E-state index contributed by atoms with van der Waals surface area (Å²) < 4.78 is 0. The maximum Gasteiger partial charge on any atom is 0.252 e. The van der Waals surface area contributed by atoms with Crippen LogP contribution in [-0.2, 0) is 6.42 Å². The first kappa shape index (κ1) is 14.4. The summed E-state index contributed by atoms with van der Waals surface area (Å²) in [5.74, 6) is -0.489. The minimum Gasteiger partial charge on any atom is -0.384 e. The number of fused-ring (bicyclic) bond motifs is 1. The number of H-pyrrole nitrogens is 1. The number of halogens is 1. The summed E-state index contributed by atoms with van der Waals surface area (Å²) in [6.07, 6.45) is 5.88. The van der Waals surface area contributed by atoms with Crippen molar-refractivity contribution in [1.29, 1.82) is 0 Å². The maximum atomic E-state index is 11.3. The summed E-state index contributed by atoms with van der Waals surface area (Å²) in [6.45, 7) is 0.680. The molecule has 112 valence electrons. The number of amides is 1. The van der Waals surface area contributed by atoms with Crippen molar-refractivity contribution in [2.45, 2.75) is 6.42 Å². The van der Waals surface area contributed by atoms with E-state index in [1.165, 1.54) is 11.8 Å². The molecule has 0 radical (unpaired) electrons. The van der Waals surface area contributed by atoms with Gasteiger partial charge < -0.3 is 16.0 Å². The Morgan fingerprint density at radius 3 is 3.05 bits per heavy atom. The molecule has 0 unspecified atom stereocenters. The van der Waals surface area contributed by atoms with E-state index in [0.29, 0.717) is 22.8 Å². The third-order valence-corrected chi connectivity index (χ3v) is 3.76. The number of nitrogens with zero attached hydrogens (tertiary/aromatic N) is 1. The molecule has 3 aromatic rings. The van der Waals surface area contributed by atoms with Gasteiger partial charge in [0.25, 0.3) is 5.91 Å². The van der Waals surface area contributed by atoms with E-state index in [9.17, 15) is 4.79 Å². The van der Waals surface area contributed by atoms with Gasteiger partial charge in [-0.2, -0.15) is 0 Å². The number of pyridine rings is 1. The highest BCUT2D eigenvalue weighted by atomic mass is 35.5. The van der Waals surface area contributed by atoms with E-state index in [1.807, 2.05) is 24.4 Å². The van der Waals surface area contributed by atoms with Gasteiger partial charge in [-0.05, 0) is 30.2 Å². The highest BCUT2D eigenvalue weighted by Crippen LogP contribution is 2.22. The van der Waals surface area contributed by atoms with Crippen molar-refractivity contribution < 1.29 is 4.79 Å². The Hall–Kier alpha value is -2.53. The van der Waals surface area contributed by atoms with Crippen molar-refractivity contribution in [2.75, 3.05) is 11.9 Å². The number of aromatic amines is 1. The first-order chi connectivity index (χ1) is 10.6. The van der Waals surface area contributed by atoms with Gasteiger partial charge >= 0.3 is 0 Å². The average Bonchev–Trinajstić information content (AvgIpc) is 2.90. The number of anilines is 1. The molecule has 0 saturated heterocycles. The number of rotatable bonds is 5. The number of primary amides is 1. The summed E-state index contributed by atoms with van der Waals surface area (Å²) in [5.41, 5.74) is 8.64. The van der Waals surface area contributed by atoms with Crippen molar-refractivity contribution in [2.24, 2.45) is 5.73 Å². The zero-order valence-corrected chi connectivity index (χ0v) is 12.5. The lowest BCUT2D eigenvalue weighted by atomic mass is 10.1. The van der Waals surface area contributed by atoms with Crippen LogP contribution in [0.1, 0.15) is 15.9 Å². The molecule has 3 rings (SSSR count). The van der Waals surface area contributed by atoms with Crippen molar-refractivity contribution in [3.63, 3.8) is 0 Å². The fourth-order valence-electron chi connectivity index (χ4n) is 2.44. The molecule has 0 aliphatic carbocycles. The van der Waals surface area contributed by atoms with Gasteiger partial charge in [-0.3, -0.25) is 9.78 Å². The van der Waals surface area contributed by atoms with Gasteiger partial charge in [0.1, 0.15) is 0 Å². The molecule has 6 heteroatoms. The molecule has 2 aromatic heterocycles. The lowest BCUT2D eigenvalue weighted by Gasteiger charge is -2.09. The second-order valence-electron chi connectivity index (χ2n) is 4.97. The fourth-order valence-corrected chi connectivity index (χ4v) is 2.61. The molecule has 5 nitrogen and oxygen atoms in total. The molecule has 22 heavy (non-hydrogen) atoms. The highest BCUT2D eigenvalue weighted by molar-refractivity contribution is 6.31. The Bertz CT molecular complexity index is 828. The Labute approximate surface area is 132 Å². The molecule has 0 fully saturated rings. The van der Waals surface area contributed by atoms with Crippen LogP contribution in [0.2, 0.25) is 5.02 Å². The smallest absolute Gasteiger partial charge is 0.252 e.